The number of halogens is 1. The maximum absolute atomic E-state index is 10.8. The summed E-state index contributed by atoms with van der Waals surface area (Å²) in [4.78, 5) is 0. The average Bonchev–Trinajstić information content (AvgIpc) is 2.50. The molecule has 7 heteroatoms. The Kier molecular flexibility index (Phi) is 2.14. The fourth-order valence-corrected chi connectivity index (χ4v) is 1.81. The summed E-state index contributed by atoms with van der Waals surface area (Å²) in [6.45, 7) is 0. The number of hydrogen-bond donors (Lipinski definition) is 2. The first-order chi connectivity index (χ1) is 6.20. The molecule has 2 rings (SSSR count). The highest BCUT2D eigenvalue weighted by Gasteiger charge is 2.15. The summed E-state index contributed by atoms with van der Waals surface area (Å²) in [6, 6.07) is 3.16. The Morgan fingerprint density at radius 2 is 2.23 bits per heavy atom. The Balaban J connectivity index is 2.80. The van der Waals surface area contributed by atoms with Crippen molar-refractivity contribution in [1.82, 2.24) is 8.75 Å². The van der Waals surface area contributed by atoms with Crippen LogP contribution in [0.25, 0.3) is 11.0 Å². The lowest BCUT2D eigenvalue weighted by molar-refractivity contribution is -0.990. The Labute approximate surface area is 82.0 Å². The van der Waals surface area contributed by atoms with Crippen LogP contribution < -0.4 is 5.23 Å². The molecule has 13 heavy (non-hydrogen) atoms. The van der Waals surface area contributed by atoms with Crippen molar-refractivity contribution in [3.63, 3.8) is 0 Å². The molecule has 68 valence electrons. The van der Waals surface area contributed by atoms with Gasteiger partial charge in [-0.15, -0.1) is 0 Å². The molecular formula is C6H4ClN3O2S. The summed E-state index contributed by atoms with van der Waals surface area (Å²) in [5, 5.41) is 18.7. The Morgan fingerprint density at radius 1 is 1.46 bits per heavy atom. The molecule has 1 atom stereocenters. The molecule has 0 aliphatic heterocycles. The van der Waals surface area contributed by atoms with E-state index < -0.39 is 5.23 Å². The van der Waals surface area contributed by atoms with Crippen LogP contribution in [0.1, 0.15) is 0 Å². The summed E-state index contributed by atoms with van der Waals surface area (Å²) < 4.78 is 7.78. The number of nitrogens with one attached hydrogen (secondary N) is 1. The van der Waals surface area contributed by atoms with Gasteiger partial charge < -0.3 is 5.21 Å². The van der Waals surface area contributed by atoms with E-state index in [1.54, 1.807) is 6.07 Å². The standard InChI is InChI=1S/C6H4ClN3O2S/c7-3-1-2-4-5(9-13-8-4)6(3)10(11)12/h1-2,10-11H. The molecule has 0 aliphatic carbocycles. The number of aromatic nitrogens is 2. The Morgan fingerprint density at radius 3 is 2.92 bits per heavy atom. The van der Waals surface area contributed by atoms with Crippen LogP contribution in [0.5, 0.6) is 0 Å². The Hall–Kier alpha value is -0.790. The molecule has 0 aliphatic rings. The van der Waals surface area contributed by atoms with Gasteiger partial charge in [-0.1, -0.05) is 11.6 Å². The van der Waals surface area contributed by atoms with E-state index in [1.165, 1.54) is 6.07 Å². The number of rotatable bonds is 1. The number of hydrogen-bond acceptors (Lipinski definition) is 5. The van der Waals surface area contributed by atoms with Crippen molar-refractivity contribution in [2.24, 2.45) is 0 Å². The monoisotopic (exact) mass is 217 g/mol. The van der Waals surface area contributed by atoms with Crippen LogP contribution in [-0.4, -0.2) is 14.0 Å². The SMILES string of the molecule is [O-][NH+](O)c1c(Cl)ccc2nsnc12. The van der Waals surface area contributed by atoms with Gasteiger partial charge in [0, 0.05) is 0 Å². The van der Waals surface area contributed by atoms with Crippen molar-refractivity contribution < 1.29 is 10.4 Å². The molecule has 2 aromatic rings. The van der Waals surface area contributed by atoms with Crippen molar-refractivity contribution in [1.29, 1.82) is 0 Å². The first-order valence-electron chi connectivity index (χ1n) is 3.34. The minimum atomic E-state index is -1.08. The minimum absolute atomic E-state index is 0.0212. The summed E-state index contributed by atoms with van der Waals surface area (Å²) in [5.74, 6) is 0. The van der Waals surface area contributed by atoms with E-state index in [0.29, 0.717) is 11.0 Å². The van der Waals surface area contributed by atoms with Crippen LogP contribution in [0, 0.1) is 5.21 Å². The van der Waals surface area contributed by atoms with Gasteiger partial charge in [0.1, 0.15) is 10.5 Å². The van der Waals surface area contributed by atoms with Gasteiger partial charge in [0.05, 0.1) is 11.7 Å². The zero-order valence-corrected chi connectivity index (χ0v) is 7.76. The zero-order valence-electron chi connectivity index (χ0n) is 6.19. The molecule has 0 saturated heterocycles. The molecule has 1 aromatic heterocycles. The van der Waals surface area contributed by atoms with E-state index in [9.17, 15) is 5.21 Å². The van der Waals surface area contributed by atoms with E-state index in [4.69, 9.17) is 16.8 Å². The van der Waals surface area contributed by atoms with Crippen LogP contribution in [0.3, 0.4) is 0 Å². The van der Waals surface area contributed by atoms with Gasteiger partial charge in [-0.3, -0.25) is 0 Å². The largest absolute Gasteiger partial charge is 0.595 e. The lowest BCUT2D eigenvalue weighted by Crippen LogP contribution is -2.99. The van der Waals surface area contributed by atoms with Gasteiger partial charge in [0.25, 0.3) is 0 Å². The topological polar surface area (TPSA) is 73.5 Å². The molecule has 2 N–H and O–H groups in total. The summed E-state index contributed by atoms with van der Waals surface area (Å²) in [5.41, 5.74) is 0.935. The first kappa shape index (κ1) is 8.79. The second-order valence-corrected chi connectivity index (χ2v) is 3.30. The Bertz CT molecular complexity index is 444. The normalized spacial score (nSPS) is 13.5. The van der Waals surface area contributed by atoms with Gasteiger partial charge in [-0.25, -0.2) is 5.21 Å². The summed E-state index contributed by atoms with van der Waals surface area (Å²) >= 11 is 6.68. The highest BCUT2D eigenvalue weighted by Crippen LogP contribution is 2.26. The van der Waals surface area contributed by atoms with Crippen molar-refractivity contribution in [3.8, 4) is 0 Å². The smallest absolute Gasteiger partial charge is 0.211 e. The third-order valence-electron chi connectivity index (χ3n) is 1.59. The fraction of sp³-hybridized carbons (Fsp3) is 0. The van der Waals surface area contributed by atoms with E-state index >= 15 is 0 Å². The predicted octanol–water partition coefficient (Wildman–Crippen LogP) is 0.748. The van der Waals surface area contributed by atoms with Crippen LogP contribution in [-0.2, 0) is 0 Å². The number of benzene rings is 1. The number of fused-ring (bicyclic) bond motifs is 1. The molecule has 1 unspecified atom stereocenters. The third-order valence-corrected chi connectivity index (χ3v) is 2.45. The van der Waals surface area contributed by atoms with Crippen LogP contribution in [0.4, 0.5) is 5.69 Å². The summed E-state index contributed by atoms with van der Waals surface area (Å²) in [6.07, 6.45) is 0. The van der Waals surface area contributed by atoms with Gasteiger partial charge >= 0.3 is 0 Å². The van der Waals surface area contributed by atoms with Crippen LogP contribution >= 0.6 is 23.3 Å². The van der Waals surface area contributed by atoms with Gasteiger partial charge in [0.2, 0.25) is 5.69 Å². The van der Waals surface area contributed by atoms with E-state index in [1.807, 2.05) is 0 Å². The van der Waals surface area contributed by atoms with Gasteiger partial charge in [-0.05, 0) is 12.1 Å². The quantitative estimate of drug-likeness (QED) is 0.692. The van der Waals surface area contributed by atoms with Gasteiger partial charge in [-0.2, -0.15) is 14.0 Å². The third kappa shape index (κ3) is 1.38. The van der Waals surface area contributed by atoms with E-state index in [2.05, 4.69) is 8.75 Å². The number of nitrogens with zero attached hydrogens (tertiary/aromatic N) is 2. The fourth-order valence-electron chi connectivity index (χ4n) is 1.03. The van der Waals surface area contributed by atoms with Gasteiger partial charge in [0.15, 0.2) is 5.52 Å². The predicted molar refractivity (Wildman–Crippen MR) is 48.2 cm³/mol. The molecule has 1 aromatic carbocycles. The molecule has 0 bridgehead atoms. The van der Waals surface area contributed by atoms with Crippen LogP contribution in [0.15, 0.2) is 12.1 Å². The lowest BCUT2D eigenvalue weighted by Gasteiger charge is -2.12. The van der Waals surface area contributed by atoms with Crippen LogP contribution in [0.2, 0.25) is 5.02 Å². The van der Waals surface area contributed by atoms with Crippen molar-refractivity contribution in [3.05, 3.63) is 22.4 Å². The summed E-state index contributed by atoms with van der Waals surface area (Å²) in [7, 11) is 0. The molecule has 5 nitrogen and oxygen atoms in total. The lowest BCUT2D eigenvalue weighted by atomic mass is 10.3. The van der Waals surface area contributed by atoms with E-state index in [0.717, 1.165) is 11.7 Å². The zero-order chi connectivity index (χ0) is 9.42. The molecule has 0 amide bonds. The highest BCUT2D eigenvalue weighted by atomic mass is 35.5. The molecule has 0 spiro atoms. The maximum atomic E-state index is 10.8. The minimum Gasteiger partial charge on any atom is -0.595 e. The molecule has 1 heterocycles. The van der Waals surface area contributed by atoms with Crippen molar-refractivity contribution >= 4 is 40.0 Å². The maximum Gasteiger partial charge on any atom is 0.211 e. The average molecular weight is 218 g/mol. The molecule has 0 radical (unpaired) electrons. The first-order valence-corrected chi connectivity index (χ1v) is 4.45. The second-order valence-electron chi connectivity index (χ2n) is 2.36. The second kappa shape index (κ2) is 3.17. The van der Waals surface area contributed by atoms with E-state index in [-0.39, 0.29) is 10.7 Å². The molecule has 0 saturated carbocycles. The van der Waals surface area contributed by atoms with Crippen molar-refractivity contribution in [2.75, 3.05) is 0 Å². The number of quaternary nitrogens is 1. The molecule has 0 fully saturated rings. The molecular weight excluding hydrogens is 214 g/mol. The van der Waals surface area contributed by atoms with Crippen molar-refractivity contribution in [2.45, 2.75) is 0 Å². The highest BCUT2D eigenvalue weighted by molar-refractivity contribution is 7.00.